The predicted octanol–water partition coefficient (Wildman–Crippen LogP) is 3.46. The van der Waals surface area contributed by atoms with Crippen LogP contribution < -0.4 is 10.1 Å². The first-order valence-corrected chi connectivity index (χ1v) is 12.2. The molecule has 2 aromatic carbocycles. The number of rotatable bonds is 8. The summed E-state index contributed by atoms with van der Waals surface area (Å²) in [4.78, 5) is 40.8. The molecule has 0 saturated carbocycles. The van der Waals surface area contributed by atoms with Crippen LogP contribution in [0.25, 0.3) is 0 Å². The van der Waals surface area contributed by atoms with Crippen LogP contribution in [0.15, 0.2) is 48.5 Å². The molecular weight excluding hydrogens is 462 g/mol. The number of benzene rings is 2. The molecule has 1 heterocycles. The molecule has 1 fully saturated rings. The number of carbonyl (C=O) groups is 3. The first kappa shape index (κ1) is 24.9. The lowest BCUT2D eigenvalue weighted by Crippen LogP contribution is -2.53. The lowest BCUT2D eigenvalue weighted by Gasteiger charge is -2.35. The molecule has 0 bridgehead atoms. The fourth-order valence-corrected chi connectivity index (χ4v) is 4.20. The van der Waals surface area contributed by atoms with Crippen molar-refractivity contribution in [1.29, 1.82) is 0 Å². The van der Waals surface area contributed by atoms with E-state index in [4.69, 9.17) is 16.3 Å². The third-order valence-electron chi connectivity index (χ3n) is 5.27. The van der Waals surface area contributed by atoms with Crippen LogP contribution in [0, 0.1) is 6.92 Å². The summed E-state index contributed by atoms with van der Waals surface area (Å²) < 4.78 is 5.52. The number of halogens is 1. The van der Waals surface area contributed by atoms with Gasteiger partial charge in [0.05, 0.1) is 11.0 Å². The van der Waals surface area contributed by atoms with Crippen LogP contribution in [0.2, 0.25) is 5.02 Å². The number of carbonyl (C=O) groups excluding carboxylic acids is 3. The van der Waals surface area contributed by atoms with E-state index in [1.165, 1.54) is 11.8 Å². The molecule has 1 aliphatic heterocycles. The van der Waals surface area contributed by atoms with Crippen molar-refractivity contribution in [2.45, 2.75) is 19.1 Å². The van der Waals surface area contributed by atoms with Crippen molar-refractivity contribution < 1.29 is 19.1 Å². The Bertz CT molecular complexity index is 961. The van der Waals surface area contributed by atoms with Crippen molar-refractivity contribution in [2.24, 2.45) is 0 Å². The zero-order valence-corrected chi connectivity index (χ0v) is 20.3. The lowest BCUT2D eigenvalue weighted by atomic mass is 10.2. The van der Waals surface area contributed by atoms with Gasteiger partial charge < -0.3 is 19.9 Å². The van der Waals surface area contributed by atoms with Crippen LogP contribution in [-0.4, -0.2) is 71.3 Å². The van der Waals surface area contributed by atoms with Gasteiger partial charge in [0, 0.05) is 36.9 Å². The fourth-order valence-electron chi connectivity index (χ4n) is 3.31. The van der Waals surface area contributed by atoms with Crippen LogP contribution in [0.4, 0.5) is 5.69 Å². The summed E-state index contributed by atoms with van der Waals surface area (Å²) in [6.07, 6.45) is 0. The van der Waals surface area contributed by atoms with E-state index in [9.17, 15) is 14.4 Å². The number of amides is 3. The summed E-state index contributed by atoms with van der Waals surface area (Å²) in [5, 5.41) is 3.10. The van der Waals surface area contributed by atoms with Gasteiger partial charge in [-0.2, -0.15) is 0 Å². The monoisotopic (exact) mass is 489 g/mol. The largest absolute Gasteiger partial charge is 0.484 e. The van der Waals surface area contributed by atoms with Crippen molar-refractivity contribution >= 4 is 46.8 Å². The molecule has 0 spiro atoms. The molecule has 1 atom stereocenters. The maximum atomic E-state index is 12.8. The Labute approximate surface area is 203 Å². The lowest BCUT2D eigenvalue weighted by molar-refractivity contribution is -0.140. The van der Waals surface area contributed by atoms with E-state index < -0.39 is 0 Å². The highest BCUT2D eigenvalue weighted by atomic mass is 35.5. The molecule has 9 heteroatoms. The van der Waals surface area contributed by atoms with E-state index in [-0.39, 0.29) is 35.3 Å². The van der Waals surface area contributed by atoms with E-state index >= 15 is 0 Å². The Morgan fingerprint density at radius 2 is 1.61 bits per heavy atom. The highest BCUT2D eigenvalue weighted by Gasteiger charge is 2.27. The van der Waals surface area contributed by atoms with Gasteiger partial charge in [-0.15, -0.1) is 11.8 Å². The molecule has 176 valence electrons. The molecule has 1 unspecified atom stereocenters. The third-order valence-corrected chi connectivity index (χ3v) is 6.65. The number of nitrogens with zero attached hydrogens (tertiary/aromatic N) is 2. The van der Waals surface area contributed by atoms with E-state index in [2.05, 4.69) is 5.32 Å². The summed E-state index contributed by atoms with van der Waals surface area (Å²) in [7, 11) is 0. The smallest absolute Gasteiger partial charge is 0.260 e. The Kier molecular flexibility index (Phi) is 9.03. The molecule has 0 radical (unpaired) electrons. The Hall–Kier alpha value is -2.71. The van der Waals surface area contributed by atoms with E-state index in [0.29, 0.717) is 37.0 Å². The van der Waals surface area contributed by atoms with Crippen LogP contribution in [0.3, 0.4) is 0 Å². The average Bonchev–Trinajstić information content (AvgIpc) is 2.83. The van der Waals surface area contributed by atoms with E-state index in [1.807, 2.05) is 38.1 Å². The van der Waals surface area contributed by atoms with Crippen molar-refractivity contribution in [2.75, 3.05) is 43.9 Å². The predicted molar refractivity (Wildman–Crippen MR) is 132 cm³/mol. The Morgan fingerprint density at radius 3 is 2.24 bits per heavy atom. The molecule has 0 aliphatic carbocycles. The summed E-state index contributed by atoms with van der Waals surface area (Å²) >= 11 is 7.16. The third kappa shape index (κ3) is 7.68. The number of nitrogens with one attached hydrogen (secondary N) is 1. The molecule has 33 heavy (non-hydrogen) atoms. The van der Waals surface area contributed by atoms with E-state index in [1.54, 1.807) is 34.1 Å². The SMILES string of the molecule is Cc1ccc(NC(=O)CSC(C)C(=O)N2CCN(C(=O)COc3ccc(Cl)cc3)CC2)cc1. The van der Waals surface area contributed by atoms with Crippen LogP contribution in [0.5, 0.6) is 5.75 Å². The van der Waals surface area contributed by atoms with Crippen molar-refractivity contribution in [3.63, 3.8) is 0 Å². The second-order valence-electron chi connectivity index (χ2n) is 7.82. The number of hydrogen-bond donors (Lipinski definition) is 1. The second-order valence-corrected chi connectivity index (χ2v) is 9.58. The van der Waals surface area contributed by atoms with Gasteiger partial charge in [-0.3, -0.25) is 14.4 Å². The number of hydrogen-bond acceptors (Lipinski definition) is 5. The number of aryl methyl sites for hydroxylation is 1. The van der Waals surface area contributed by atoms with Crippen molar-refractivity contribution in [3.05, 3.63) is 59.1 Å². The molecular formula is C24H28ClN3O4S. The molecule has 1 aliphatic rings. The van der Waals surface area contributed by atoms with Gasteiger partial charge in [-0.05, 0) is 50.2 Å². The second kappa shape index (κ2) is 12.0. The maximum absolute atomic E-state index is 12.8. The topological polar surface area (TPSA) is 79.0 Å². The van der Waals surface area contributed by atoms with Crippen molar-refractivity contribution in [3.8, 4) is 5.75 Å². The van der Waals surface area contributed by atoms with Gasteiger partial charge in [0.15, 0.2) is 6.61 Å². The summed E-state index contributed by atoms with van der Waals surface area (Å²) in [6.45, 7) is 5.58. The molecule has 3 rings (SSSR count). The van der Waals surface area contributed by atoms with Gasteiger partial charge in [-0.25, -0.2) is 0 Å². The minimum absolute atomic E-state index is 0.0207. The van der Waals surface area contributed by atoms with Crippen LogP contribution in [-0.2, 0) is 14.4 Å². The number of thioether (sulfide) groups is 1. The molecule has 1 N–H and O–H groups in total. The van der Waals surface area contributed by atoms with Crippen LogP contribution in [0.1, 0.15) is 12.5 Å². The van der Waals surface area contributed by atoms with Gasteiger partial charge in [0.25, 0.3) is 5.91 Å². The van der Waals surface area contributed by atoms with Gasteiger partial charge in [-0.1, -0.05) is 29.3 Å². The van der Waals surface area contributed by atoms with E-state index in [0.717, 1.165) is 11.3 Å². The number of ether oxygens (including phenoxy) is 1. The zero-order valence-electron chi connectivity index (χ0n) is 18.8. The maximum Gasteiger partial charge on any atom is 0.260 e. The minimum atomic E-state index is -0.343. The standard InChI is InChI=1S/C24H28ClN3O4S/c1-17-3-7-20(8-4-17)26-22(29)16-33-18(2)24(31)28-13-11-27(12-14-28)23(30)15-32-21-9-5-19(25)6-10-21/h3-10,18H,11-16H2,1-2H3,(H,26,29). The molecule has 3 amide bonds. The highest BCUT2D eigenvalue weighted by Crippen LogP contribution is 2.18. The summed E-state index contributed by atoms with van der Waals surface area (Å²) in [5.74, 6) is 0.500. The fraction of sp³-hybridized carbons (Fsp3) is 0.375. The average molecular weight is 490 g/mol. The zero-order chi connectivity index (χ0) is 23.8. The normalized spacial score (nSPS) is 14.5. The Balaban J connectivity index is 1.37. The van der Waals surface area contributed by atoms with Crippen molar-refractivity contribution in [1.82, 2.24) is 9.80 Å². The van der Waals surface area contributed by atoms with Gasteiger partial charge in [0.1, 0.15) is 5.75 Å². The minimum Gasteiger partial charge on any atom is -0.484 e. The summed E-state index contributed by atoms with van der Waals surface area (Å²) in [5.41, 5.74) is 1.86. The van der Waals surface area contributed by atoms with Gasteiger partial charge in [0.2, 0.25) is 11.8 Å². The van der Waals surface area contributed by atoms with Crippen LogP contribution >= 0.6 is 23.4 Å². The first-order valence-electron chi connectivity index (χ1n) is 10.7. The van der Waals surface area contributed by atoms with Gasteiger partial charge >= 0.3 is 0 Å². The number of piperazine rings is 1. The molecule has 7 nitrogen and oxygen atoms in total. The Morgan fingerprint density at radius 1 is 1.00 bits per heavy atom. The molecule has 0 aromatic heterocycles. The molecule has 2 aromatic rings. The first-order chi connectivity index (χ1) is 15.8. The quantitative estimate of drug-likeness (QED) is 0.614. The number of anilines is 1. The summed E-state index contributed by atoms with van der Waals surface area (Å²) in [6, 6.07) is 14.4. The molecule has 1 saturated heterocycles. The highest BCUT2D eigenvalue weighted by molar-refractivity contribution is 8.01.